The summed E-state index contributed by atoms with van der Waals surface area (Å²) in [6.45, 7) is 14.3. The maximum absolute atomic E-state index is 11.9. The average Bonchev–Trinajstić information content (AvgIpc) is 2.33. The molecule has 0 radical (unpaired) electrons. The highest BCUT2D eigenvalue weighted by Gasteiger charge is 2.48. The first kappa shape index (κ1) is 16.5. The lowest BCUT2D eigenvalue weighted by Crippen LogP contribution is -2.49. The first-order valence-corrected chi connectivity index (χ1v) is 6.95. The minimum Gasteiger partial charge on any atom is -0.419 e. The highest BCUT2D eigenvalue weighted by Crippen LogP contribution is 2.41. The molecule has 0 aliphatic heterocycles. The van der Waals surface area contributed by atoms with Crippen LogP contribution in [0, 0.1) is 11.8 Å². The first-order chi connectivity index (χ1) is 9.18. The Bertz CT molecular complexity index is 408. The highest BCUT2D eigenvalue weighted by atomic mass is 16.7. The summed E-state index contributed by atoms with van der Waals surface area (Å²) in [6, 6.07) is 0. The van der Waals surface area contributed by atoms with Crippen molar-refractivity contribution in [3.05, 3.63) is 24.3 Å². The van der Waals surface area contributed by atoms with Crippen LogP contribution in [-0.4, -0.2) is 17.7 Å². The molecule has 0 aromatic rings. The van der Waals surface area contributed by atoms with Crippen LogP contribution in [0.2, 0.25) is 0 Å². The zero-order valence-corrected chi connectivity index (χ0v) is 12.8. The number of hydrogen-bond acceptors (Lipinski definition) is 4. The van der Waals surface area contributed by atoms with E-state index in [0.29, 0.717) is 23.5 Å². The summed E-state index contributed by atoms with van der Waals surface area (Å²) in [5, 5.41) is 0. The standard InChI is InChI=1S/C16H24O4/c1-10(2)14(17)19-16(20-15(18)11(3)4)9-12(5)7-8-13(16)6/h12-13H,1,3,7-9H2,2,4-6H3. The van der Waals surface area contributed by atoms with Crippen molar-refractivity contribution in [3.8, 4) is 0 Å². The molecule has 0 bridgehead atoms. The molecule has 1 rings (SSSR count). The van der Waals surface area contributed by atoms with E-state index < -0.39 is 17.7 Å². The zero-order valence-electron chi connectivity index (χ0n) is 12.8. The minimum absolute atomic E-state index is 0.0506. The molecule has 112 valence electrons. The van der Waals surface area contributed by atoms with Crippen LogP contribution in [0.3, 0.4) is 0 Å². The van der Waals surface area contributed by atoms with Crippen molar-refractivity contribution in [1.29, 1.82) is 0 Å². The number of ether oxygens (including phenoxy) is 2. The van der Waals surface area contributed by atoms with Gasteiger partial charge in [-0.1, -0.05) is 27.0 Å². The third-order valence-electron chi connectivity index (χ3n) is 3.70. The fourth-order valence-corrected chi connectivity index (χ4v) is 2.34. The molecule has 0 amide bonds. The molecule has 1 saturated carbocycles. The van der Waals surface area contributed by atoms with Gasteiger partial charge in [0.15, 0.2) is 0 Å². The lowest BCUT2D eigenvalue weighted by Gasteiger charge is -2.42. The lowest BCUT2D eigenvalue weighted by atomic mass is 9.78. The Labute approximate surface area is 120 Å². The summed E-state index contributed by atoms with van der Waals surface area (Å²) < 4.78 is 11.0. The largest absolute Gasteiger partial charge is 0.419 e. The number of hydrogen-bond donors (Lipinski definition) is 0. The molecule has 4 heteroatoms. The Morgan fingerprint density at radius 2 is 1.45 bits per heavy atom. The van der Waals surface area contributed by atoms with Crippen LogP contribution in [0.15, 0.2) is 24.3 Å². The van der Waals surface area contributed by atoms with E-state index in [1.807, 2.05) is 6.92 Å². The van der Waals surface area contributed by atoms with Crippen molar-refractivity contribution in [3.63, 3.8) is 0 Å². The van der Waals surface area contributed by atoms with Gasteiger partial charge in [-0.05, 0) is 32.6 Å². The highest BCUT2D eigenvalue weighted by molar-refractivity contribution is 5.89. The van der Waals surface area contributed by atoms with Gasteiger partial charge in [0.2, 0.25) is 0 Å². The van der Waals surface area contributed by atoms with Gasteiger partial charge >= 0.3 is 11.9 Å². The number of esters is 2. The quantitative estimate of drug-likeness (QED) is 0.450. The number of rotatable bonds is 4. The van der Waals surface area contributed by atoms with Crippen LogP contribution < -0.4 is 0 Å². The molecule has 0 aromatic heterocycles. The predicted molar refractivity (Wildman–Crippen MR) is 76.7 cm³/mol. The molecule has 0 heterocycles. The van der Waals surface area contributed by atoms with Crippen molar-refractivity contribution in [2.24, 2.45) is 11.8 Å². The smallest absolute Gasteiger partial charge is 0.336 e. The monoisotopic (exact) mass is 280 g/mol. The van der Waals surface area contributed by atoms with Gasteiger partial charge in [-0.15, -0.1) is 0 Å². The summed E-state index contributed by atoms with van der Waals surface area (Å²) in [5.74, 6) is -1.99. The number of carbonyl (C=O) groups is 2. The summed E-state index contributed by atoms with van der Waals surface area (Å²) in [7, 11) is 0. The molecule has 2 unspecified atom stereocenters. The molecule has 0 N–H and O–H groups in total. The van der Waals surface area contributed by atoms with E-state index in [2.05, 4.69) is 20.1 Å². The third-order valence-corrected chi connectivity index (χ3v) is 3.70. The van der Waals surface area contributed by atoms with E-state index in [9.17, 15) is 9.59 Å². The van der Waals surface area contributed by atoms with Crippen LogP contribution in [0.1, 0.15) is 47.0 Å². The summed E-state index contributed by atoms with van der Waals surface area (Å²) >= 11 is 0. The van der Waals surface area contributed by atoms with Gasteiger partial charge in [0.1, 0.15) is 0 Å². The summed E-state index contributed by atoms with van der Waals surface area (Å²) in [6.07, 6.45) is 2.37. The minimum atomic E-state index is -1.20. The predicted octanol–water partition coefficient (Wildman–Crippen LogP) is 3.38. The summed E-state index contributed by atoms with van der Waals surface area (Å²) in [4.78, 5) is 23.8. The van der Waals surface area contributed by atoms with E-state index in [4.69, 9.17) is 9.47 Å². The Morgan fingerprint density at radius 3 is 1.85 bits per heavy atom. The maximum Gasteiger partial charge on any atom is 0.336 e. The molecule has 0 aromatic carbocycles. The molecule has 0 saturated heterocycles. The van der Waals surface area contributed by atoms with Crippen LogP contribution in [0.4, 0.5) is 0 Å². The molecule has 1 aliphatic carbocycles. The second-order valence-electron chi connectivity index (χ2n) is 5.94. The van der Waals surface area contributed by atoms with E-state index >= 15 is 0 Å². The van der Waals surface area contributed by atoms with Gasteiger partial charge in [0.05, 0.1) is 0 Å². The lowest BCUT2D eigenvalue weighted by molar-refractivity contribution is -0.256. The van der Waals surface area contributed by atoms with Crippen molar-refractivity contribution >= 4 is 11.9 Å². The van der Waals surface area contributed by atoms with E-state index in [0.717, 1.165) is 12.8 Å². The Morgan fingerprint density at radius 1 is 1.00 bits per heavy atom. The second-order valence-corrected chi connectivity index (χ2v) is 5.94. The van der Waals surface area contributed by atoms with Gasteiger partial charge in [-0.3, -0.25) is 0 Å². The van der Waals surface area contributed by atoms with Crippen molar-refractivity contribution in [1.82, 2.24) is 0 Å². The molecule has 1 aliphatic rings. The molecule has 20 heavy (non-hydrogen) atoms. The maximum atomic E-state index is 11.9. The molecule has 2 atom stereocenters. The van der Waals surface area contributed by atoms with Crippen LogP contribution in [0.5, 0.6) is 0 Å². The van der Waals surface area contributed by atoms with Crippen molar-refractivity contribution in [2.45, 2.75) is 52.7 Å². The topological polar surface area (TPSA) is 52.6 Å². The SMILES string of the molecule is C=C(C)C(=O)OC1(OC(=O)C(=C)C)CC(C)CCC1C. The third kappa shape index (κ3) is 3.71. The molecular weight excluding hydrogens is 256 g/mol. The van der Waals surface area contributed by atoms with Crippen LogP contribution >= 0.6 is 0 Å². The van der Waals surface area contributed by atoms with Crippen molar-refractivity contribution < 1.29 is 19.1 Å². The van der Waals surface area contributed by atoms with Gasteiger partial charge < -0.3 is 9.47 Å². The van der Waals surface area contributed by atoms with Gasteiger partial charge in [-0.2, -0.15) is 0 Å². The van der Waals surface area contributed by atoms with Crippen LogP contribution in [-0.2, 0) is 19.1 Å². The fraction of sp³-hybridized carbons (Fsp3) is 0.625. The Kier molecular flexibility index (Phi) is 5.15. The Balaban J connectivity index is 3.03. The van der Waals surface area contributed by atoms with Gasteiger partial charge in [0, 0.05) is 23.5 Å². The van der Waals surface area contributed by atoms with Crippen LogP contribution in [0.25, 0.3) is 0 Å². The first-order valence-electron chi connectivity index (χ1n) is 6.95. The fourth-order valence-electron chi connectivity index (χ4n) is 2.34. The Hall–Kier alpha value is -1.58. The normalized spacial score (nSPS) is 24.6. The van der Waals surface area contributed by atoms with E-state index in [1.54, 1.807) is 13.8 Å². The van der Waals surface area contributed by atoms with E-state index in [1.165, 1.54) is 0 Å². The van der Waals surface area contributed by atoms with E-state index in [-0.39, 0.29) is 5.92 Å². The number of carbonyl (C=O) groups excluding carboxylic acids is 2. The summed E-state index contributed by atoms with van der Waals surface area (Å²) in [5.41, 5.74) is 0.586. The van der Waals surface area contributed by atoms with Crippen molar-refractivity contribution in [2.75, 3.05) is 0 Å². The molecule has 4 nitrogen and oxygen atoms in total. The zero-order chi connectivity index (χ0) is 15.5. The molecular formula is C16H24O4. The second kappa shape index (κ2) is 6.25. The van der Waals surface area contributed by atoms with Gasteiger partial charge in [-0.25, -0.2) is 9.59 Å². The average molecular weight is 280 g/mol. The molecule has 1 fully saturated rings. The van der Waals surface area contributed by atoms with Gasteiger partial charge in [0.25, 0.3) is 5.79 Å². The molecule has 0 spiro atoms.